The van der Waals surface area contributed by atoms with Crippen molar-refractivity contribution >= 4 is 28.8 Å². The molecule has 1 aromatic heterocycles. The van der Waals surface area contributed by atoms with Crippen LogP contribution in [0.1, 0.15) is 46.8 Å². The summed E-state index contributed by atoms with van der Waals surface area (Å²) in [5.41, 5.74) is -0.209. The van der Waals surface area contributed by atoms with Crippen LogP contribution in [0.2, 0.25) is 5.02 Å². The summed E-state index contributed by atoms with van der Waals surface area (Å²) in [4.78, 5) is 15.0. The number of halogens is 4. The molecule has 1 fully saturated rings. The van der Waals surface area contributed by atoms with E-state index >= 15 is 0 Å². The van der Waals surface area contributed by atoms with Gasteiger partial charge in [0.05, 0.1) is 22.2 Å². The molecule has 1 saturated heterocycles. The van der Waals surface area contributed by atoms with E-state index in [0.29, 0.717) is 0 Å². The van der Waals surface area contributed by atoms with Crippen LogP contribution in [-0.4, -0.2) is 30.4 Å². The highest BCUT2D eigenvalue weighted by Gasteiger charge is 2.36. The van der Waals surface area contributed by atoms with E-state index in [1.54, 1.807) is 0 Å². The summed E-state index contributed by atoms with van der Waals surface area (Å²) in [5.74, 6) is -0.596. The zero-order valence-corrected chi connectivity index (χ0v) is 16.3. The highest BCUT2D eigenvalue weighted by Crippen LogP contribution is 2.36. The summed E-state index contributed by atoms with van der Waals surface area (Å²) in [6, 6.07) is 5.12. The van der Waals surface area contributed by atoms with Gasteiger partial charge < -0.3 is 10.2 Å². The van der Waals surface area contributed by atoms with Gasteiger partial charge in [0.25, 0.3) is 5.91 Å². The van der Waals surface area contributed by atoms with E-state index in [0.717, 1.165) is 37.4 Å². The van der Waals surface area contributed by atoms with Gasteiger partial charge in [-0.3, -0.25) is 4.79 Å². The normalized spacial score (nSPS) is 19.7. The van der Waals surface area contributed by atoms with Crippen LogP contribution < -0.4 is 5.32 Å². The number of carbonyl (C=O) groups is 1. The minimum absolute atomic E-state index is 0.0851. The summed E-state index contributed by atoms with van der Waals surface area (Å²) in [6.07, 6.45) is -1.55. The zero-order valence-electron chi connectivity index (χ0n) is 14.7. The largest absolute Gasteiger partial charge is 0.417 e. The van der Waals surface area contributed by atoms with Crippen LogP contribution in [0.15, 0.2) is 35.0 Å². The number of amides is 1. The van der Waals surface area contributed by atoms with E-state index in [1.807, 2.05) is 23.9 Å². The first kappa shape index (κ1) is 20.2. The number of rotatable bonds is 4. The highest BCUT2D eigenvalue weighted by molar-refractivity contribution is 7.08. The van der Waals surface area contributed by atoms with E-state index < -0.39 is 22.7 Å². The van der Waals surface area contributed by atoms with Crippen molar-refractivity contribution in [3.8, 4) is 0 Å². The number of alkyl halides is 3. The molecular formula is C19H20ClF3N2OS. The Hall–Kier alpha value is -1.57. The molecule has 3 rings (SSSR count). The van der Waals surface area contributed by atoms with Crippen molar-refractivity contribution in [3.05, 3.63) is 56.7 Å². The number of carbonyl (C=O) groups excluding carboxylic acids is 1. The lowest BCUT2D eigenvalue weighted by Crippen LogP contribution is -2.47. The first-order chi connectivity index (χ1) is 12.8. The molecular weight excluding hydrogens is 397 g/mol. The number of thiophene rings is 1. The Morgan fingerprint density at radius 3 is 2.74 bits per heavy atom. The number of nitrogens with one attached hydrogen (secondary N) is 1. The maximum absolute atomic E-state index is 13.1. The third-order valence-corrected chi connectivity index (χ3v) is 6.06. The standard InChI is InChI=1S/C19H20ClF3N2OS/c1-25-9-3-2-7-15(25)17(12-8-10-27-11-12)24-18(26)13-5-4-6-14(16(13)20)19(21,22)23/h4-6,8,10-11,15,17H,2-3,7,9H2,1H3,(H,24,26). The van der Waals surface area contributed by atoms with Crippen LogP contribution in [0.4, 0.5) is 13.2 Å². The Bertz CT molecular complexity index is 795. The van der Waals surface area contributed by atoms with Crippen LogP contribution in [0.3, 0.4) is 0 Å². The molecule has 1 amide bonds. The van der Waals surface area contributed by atoms with Crippen LogP contribution in [0.5, 0.6) is 0 Å². The molecule has 2 heterocycles. The molecule has 1 aromatic carbocycles. The Balaban J connectivity index is 1.90. The van der Waals surface area contributed by atoms with Crippen LogP contribution in [0, 0.1) is 0 Å². The summed E-state index contributed by atoms with van der Waals surface area (Å²) in [5, 5.41) is 6.25. The summed E-state index contributed by atoms with van der Waals surface area (Å²) >= 11 is 7.44. The molecule has 1 N–H and O–H groups in total. The predicted octanol–water partition coefficient (Wildman–Crippen LogP) is 5.38. The highest BCUT2D eigenvalue weighted by atomic mass is 35.5. The van der Waals surface area contributed by atoms with Gasteiger partial charge in [-0.2, -0.15) is 24.5 Å². The fraction of sp³-hybridized carbons (Fsp3) is 0.421. The summed E-state index contributed by atoms with van der Waals surface area (Å²) in [7, 11) is 2.01. The van der Waals surface area contributed by atoms with Gasteiger partial charge in [0.2, 0.25) is 0 Å². The molecule has 2 aromatic rings. The average molecular weight is 417 g/mol. The molecule has 3 nitrogen and oxygen atoms in total. The molecule has 0 aliphatic carbocycles. The van der Waals surface area contributed by atoms with Gasteiger partial charge in [-0.05, 0) is 61.0 Å². The van der Waals surface area contributed by atoms with Gasteiger partial charge in [-0.25, -0.2) is 0 Å². The van der Waals surface area contributed by atoms with E-state index in [1.165, 1.54) is 23.5 Å². The Morgan fingerprint density at radius 1 is 1.33 bits per heavy atom. The van der Waals surface area contributed by atoms with Crippen molar-refractivity contribution in [2.75, 3.05) is 13.6 Å². The number of piperidine rings is 1. The van der Waals surface area contributed by atoms with Gasteiger partial charge in [0.1, 0.15) is 0 Å². The van der Waals surface area contributed by atoms with Crippen LogP contribution >= 0.6 is 22.9 Å². The Labute approximate surface area is 165 Å². The van der Waals surface area contributed by atoms with Gasteiger partial charge in [0, 0.05) is 6.04 Å². The first-order valence-electron chi connectivity index (χ1n) is 8.68. The number of likely N-dealkylation sites (tertiary alicyclic amines) is 1. The maximum atomic E-state index is 13.1. The van der Waals surface area contributed by atoms with Gasteiger partial charge in [0.15, 0.2) is 0 Å². The Kier molecular flexibility index (Phi) is 6.13. The average Bonchev–Trinajstić information content (AvgIpc) is 3.14. The number of hydrogen-bond acceptors (Lipinski definition) is 3. The fourth-order valence-electron chi connectivity index (χ4n) is 3.52. The number of hydrogen-bond donors (Lipinski definition) is 1. The lowest BCUT2D eigenvalue weighted by molar-refractivity contribution is -0.137. The van der Waals surface area contributed by atoms with E-state index in [-0.39, 0.29) is 17.6 Å². The van der Waals surface area contributed by atoms with E-state index in [9.17, 15) is 18.0 Å². The van der Waals surface area contributed by atoms with Gasteiger partial charge in [-0.15, -0.1) is 0 Å². The van der Waals surface area contributed by atoms with Crippen molar-refractivity contribution < 1.29 is 18.0 Å². The topological polar surface area (TPSA) is 32.3 Å². The third kappa shape index (κ3) is 4.47. The SMILES string of the molecule is CN1CCCCC1C(NC(=O)c1cccc(C(F)(F)F)c1Cl)c1ccsc1. The predicted molar refractivity (Wildman–Crippen MR) is 101 cm³/mol. The molecule has 0 radical (unpaired) electrons. The summed E-state index contributed by atoms with van der Waals surface area (Å²) in [6.45, 7) is 0.922. The molecule has 1 aliphatic rings. The number of nitrogens with zero attached hydrogens (tertiary/aromatic N) is 1. The van der Waals surface area contributed by atoms with Crippen molar-refractivity contribution in [2.24, 2.45) is 0 Å². The monoisotopic (exact) mass is 416 g/mol. The lowest BCUT2D eigenvalue weighted by atomic mass is 9.92. The smallest absolute Gasteiger partial charge is 0.344 e. The molecule has 2 atom stereocenters. The van der Waals surface area contributed by atoms with Gasteiger partial charge in [-0.1, -0.05) is 24.1 Å². The second-order valence-electron chi connectivity index (χ2n) is 6.72. The number of likely N-dealkylation sites (N-methyl/N-ethyl adjacent to an activating group) is 1. The zero-order chi connectivity index (χ0) is 19.6. The third-order valence-electron chi connectivity index (χ3n) is 4.95. The minimum atomic E-state index is -4.61. The van der Waals surface area contributed by atoms with E-state index in [2.05, 4.69) is 10.2 Å². The van der Waals surface area contributed by atoms with Gasteiger partial charge >= 0.3 is 6.18 Å². The Morgan fingerprint density at radius 2 is 2.11 bits per heavy atom. The quantitative estimate of drug-likeness (QED) is 0.726. The number of benzene rings is 1. The summed E-state index contributed by atoms with van der Waals surface area (Å²) < 4.78 is 39.3. The van der Waals surface area contributed by atoms with Crippen molar-refractivity contribution in [3.63, 3.8) is 0 Å². The second kappa shape index (κ2) is 8.20. The molecule has 146 valence electrons. The minimum Gasteiger partial charge on any atom is -0.344 e. The molecule has 1 aliphatic heterocycles. The molecule has 8 heteroatoms. The van der Waals surface area contributed by atoms with Crippen molar-refractivity contribution in [1.82, 2.24) is 10.2 Å². The lowest BCUT2D eigenvalue weighted by Gasteiger charge is -2.38. The molecule has 2 unspecified atom stereocenters. The van der Waals surface area contributed by atoms with Crippen LogP contribution in [-0.2, 0) is 6.18 Å². The first-order valence-corrected chi connectivity index (χ1v) is 10.00. The molecule has 0 saturated carbocycles. The maximum Gasteiger partial charge on any atom is 0.417 e. The molecule has 0 bridgehead atoms. The van der Waals surface area contributed by atoms with E-state index in [4.69, 9.17) is 11.6 Å². The molecule has 0 spiro atoms. The van der Waals surface area contributed by atoms with Crippen molar-refractivity contribution in [2.45, 2.75) is 37.5 Å². The van der Waals surface area contributed by atoms with Crippen molar-refractivity contribution in [1.29, 1.82) is 0 Å². The van der Waals surface area contributed by atoms with Crippen LogP contribution in [0.25, 0.3) is 0 Å². The molecule has 27 heavy (non-hydrogen) atoms. The fourth-order valence-corrected chi connectivity index (χ4v) is 4.54. The second-order valence-corrected chi connectivity index (χ2v) is 7.87.